The van der Waals surface area contributed by atoms with Crippen LogP contribution in [0.1, 0.15) is 23.2 Å². The molecule has 0 bridgehead atoms. The molecule has 0 saturated carbocycles. The van der Waals surface area contributed by atoms with Crippen LogP contribution < -0.4 is 11.1 Å². The molecule has 1 aliphatic heterocycles. The molecule has 0 atom stereocenters. The minimum absolute atomic E-state index is 0.0203. The van der Waals surface area contributed by atoms with Crippen LogP contribution in [0.5, 0.6) is 0 Å². The van der Waals surface area contributed by atoms with E-state index in [-0.39, 0.29) is 11.6 Å². The highest BCUT2D eigenvalue weighted by atomic mass is 19.1. The van der Waals surface area contributed by atoms with Gasteiger partial charge in [-0.25, -0.2) is 8.78 Å². The molecule has 1 fully saturated rings. The maximum atomic E-state index is 13.1. The summed E-state index contributed by atoms with van der Waals surface area (Å²) in [5.41, 5.74) is 5.52. The first-order valence-corrected chi connectivity index (χ1v) is 6.78. The van der Waals surface area contributed by atoms with Gasteiger partial charge < -0.3 is 16.0 Å². The van der Waals surface area contributed by atoms with Gasteiger partial charge in [0.1, 0.15) is 11.6 Å². The van der Waals surface area contributed by atoms with Crippen molar-refractivity contribution >= 4 is 5.91 Å². The van der Waals surface area contributed by atoms with Crippen molar-refractivity contribution in [1.29, 1.82) is 0 Å². The largest absolute Gasteiger partial charge is 0.349 e. The third-order valence-electron chi connectivity index (χ3n) is 3.49. The standard InChI is InChI=1S/C14H19F2N3O/c15-11-7-10(8-12(16)9-11)14(20)18-13-1-4-19(5-2-13)6-3-17/h7-9,13H,1-6,17H2,(H,18,20). The van der Waals surface area contributed by atoms with Crippen molar-refractivity contribution in [3.63, 3.8) is 0 Å². The van der Waals surface area contributed by atoms with Crippen LogP contribution in [0.4, 0.5) is 8.78 Å². The minimum Gasteiger partial charge on any atom is -0.349 e. The third kappa shape index (κ3) is 3.98. The van der Waals surface area contributed by atoms with Crippen molar-refractivity contribution in [2.45, 2.75) is 18.9 Å². The minimum atomic E-state index is -0.743. The van der Waals surface area contributed by atoms with Crippen LogP contribution in [-0.2, 0) is 0 Å². The molecule has 0 unspecified atom stereocenters. The van der Waals surface area contributed by atoms with Crippen molar-refractivity contribution in [2.75, 3.05) is 26.2 Å². The van der Waals surface area contributed by atoms with Crippen LogP contribution in [0.25, 0.3) is 0 Å². The van der Waals surface area contributed by atoms with Crippen molar-refractivity contribution in [3.8, 4) is 0 Å². The average Bonchev–Trinajstić information content (AvgIpc) is 2.40. The lowest BCUT2D eigenvalue weighted by molar-refractivity contribution is 0.0911. The Kier molecular flexibility index (Phi) is 5.03. The molecule has 0 aromatic heterocycles. The fourth-order valence-corrected chi connectivity index (χ4v) is 2.44. The maximum absolute atomic E-state index is 13.1. The summed E-state index contributed by atoms with van der Waals surface area (Å²) in [4.78, 5) is 14.2. The molecule has 4 nitrogen and oxygen atoms in total. The molecule has 20 heavy (non-hydrogen) atoms. The molecule has 6 heteroatoms. The predicted octanol–water partition coefficient (Wildman–Crippen LogP) is 1.12. The van der Waals surface area contributed by atoms with E-state index in [1.807, 2.05) is 0 Å². The molecule has 1 heterocycles. The molecule has 1 saturated heterocycles. The summed E-state index contributed by atoms with van der Waals surface area (Å²) < 4.78 is 26.1. The summed E-state index contributed by atoms with van der Waals surface area (Å²) in [6.07, 6.45) is 1.65. The Labute approximate surface area is 116 Å². The number of nitrogens with one attached hydrogen (secondary N) is 1. The van der Waals surface area contributed by atoms with E-state index in [0.717, 1.165) is 50.7 Å². The van der Waals surface area contributed by atoms with Crippen molar-refractivity contribution in [3.05, 3.63) is 35.4 Å². The summed E-state index contributed by atoms with van der Waals surface area (Å²) in [7, 11) is 0. The van der Waals surface area contributed by atoms with Gasteiger partial charge in [-0.3, -0.25) is 4.79 Å². The van der Waals surface area contributed by atoms with E-state index in [0.29, 0.717) is 6.54 Å². The second-order valence-electron chi connectivity index (χ2n) is 5.04. The molecule has 0 aliphatic carbocycles. The Morgan fingerprint density at radius 1 is 1.25 bits per heavy atom. The number of likely N-dealkylation sites (tertiary alicyclic amines) is 1. The Morgan fingerprint density at radius 3 is 2.40 bits per heavy atom. The number of nitrogens with zero attached hydrogens (tertiary/aromatic N) is 1. The number of nitrogens with two attached hydrogens (primary N) is 1. The van der Waals surface area contributed by atoms with Crippen LogP contribution in [0.2, 0.25) is 0 Å². The average molecular weight is 283 g/mol. The highest BCUT2D eigenvalue weighted by molar-refractivity contribution is 5.94. The normalized spacial score (nSPS) is 17.1. The van der Waals surface area contributed by atoms with Crippen molar-refractivity contribution in [2.24, 2.45) is 5.73 Å². The number of hydrogen-bond donors (Lipinski definition) is 2. The monoisotopic (exact) mass is 283 g/mol. The molecule has 2 rings (SSSR count). The summed E-state index contributed by atoms with van der Waals surface area (Å²) in [5, 5.41) is 2.82. The van der Waals surface area contributed by atoms with E-state index in [1.54, 1.807) is 0 Å². The van der Waals surface area contributed by atoms with E-state index >= 15 is 0 Å². The molecule has 3 N–H and O–H groups in total. The van der Waals surface area contributed by atoms with Gasteiger partial charge in [-0.05, 0) is 25.0 Å². The van der Waals surface area contributed by atoms with Gasteiger partial charge in [0.05, 0.1) is 0 Å². The van der Waals surface area contributed by atoms with Crippen LogP contribution in [-0.4, -0.2) is 43.0 Å². The quantitative estimate of drug-likeness (QED) is 0.870. The van der Waals surface area contributed by atoms with Gasteiger partial charge in [0.15, 0.2) is 0 Å². The molecule has 1 aromatic carbocycles. The smallest absolute Gasteiger partial charge is 0.251 e. The number of piperidine rings is 1. The maximum Gasteiger partial charge on any atom is 0.251 e. The molecular weight excluding hydrogens is 264 g/mol. The molecule has 110 valence electrons. The predicted molar refractivity (Wildman–Crippen MR) is 72.3 cm³/mol. The van der Waals surface area contributed by atoms with Crippen LogP contribution >= 0.6 is 0 Å². The van der Waals surface area contributed by atoms with Crippen molar-refractivity contribution < 1.29 is 13.6 Å². The summed E-state index contributed by atoms with van der Waals surface area (Å²) in [5.74, 6) is -1.92. The van der Waals surface area contributed by atoms with Gasteiger partial charge in [0.25, 0.3) is 5.91 Å². The SMILES string of the molecule is NCCN1CCC(NC(=O)c2cc(F)cc(F)c2)CC1. The number of hydrogen-bond acceptors (Lipinski definition) is 3. The number of halogens is 2. The first-order valence-electron chi connectivity index (χ1n) is 6.78. The highest BCUT2D eigenvalue weighted by Crippen LogP contribution is 2.12. The topological polar surface area (TPSA) is 58.4 Å². The second kappa shape index (κ2) is 6.76. The number of rotatable bonds is 4. The number of carbonyl (C=O) groups excluding carboxylic acids is 1. The Morgan fingerprint density at radius 2 is 1.85 bits per heavy atom. The lowest BCUT2D eigenvalue weighted by Crippen LogP contribution is -2.45. The summed E-state index contributed by atoms with van der Waals surface area (Å²) in [6.45, 7) is 3.23. The van der Waals surface area contributed by atoms with Crippen LogP contribution in [0.15, 0.2) is 18.2 Å². The number of benzene rings is 1. The van der Waals surface area contributed by atoms with E-state index in [2.05, 4.69) is 10.2 Å². The first-order chi connectivity index (χ1) is 9.58. The zero-order valence-corrected chi connectivity index (χ0v) is 11.2. The van der Waals surface area contributed by atoms with Gasteiger partial charge in [-0.1, -0.05) is 0 Å². The Bertz CT molecular complexity index is 453. The molecule has 1 amide bonds. The second-order valence-corrected chi connectivity index (χ2v) is 5.04. The fourth-order valence-electron chi connectivity index (χ4n) is 2.44. The molecular formula is C14H19F2N3O. The zero-order valence-electron chi connectivity index (χ0n) is 11.2. The Balaban J connectivity index is 1.89. The highest BCUT2D eigenvalue weighted by Gasteiger charge is 2.21. The molecule has 1 aliphatic rings. The molecule has 1 aromatic rings. The summed E-state index contributed by atoms with van der Waals surface area (Å²) in [6, 6.07) is 2.88. The Hall–Kier alpha value is -1.53. The first kappa shape index (κ1) is 14.9. The van der Waals surface area contributed by atoms with E-state index in [9.17, 15) is 13.6 Å². The van der Waals surface area contributed by atoms with E-state index in [1.165, 1.54) is 0 Å². The fraction of sp³-hybridized carbons (Fsp3) is 0.500. The number of carbonyl (C=O) groups is 1. The zero-order chi connectivity index (χ0) is 14.5. The van der Waals surface area contributed by atoms with E-state index in [4.69, 9.17) is 5.73 Å². The molecule has 0 spiro atoms. The summed E-state index contributed by atoms with van der Waals surface area (Å²) >= 11 is 0. The van der Waals surface area contributed by atoms with Crippen LogP contribution in [0.3, 0.4) is 0 Å². The van der Waals surface area contributed by atoms with Crippen molar-refractivity contribution in [1.82, 2.24) is 10.2 Å². The van der Waals surface area contributed by atoms with Gasteiger partial charge in [0.2, 0.25) is 0 Å². The molecule has 0 radical (unpaired) electrons. The van der Waals surface area contributed by atoms with Crippen LogP contribution in [0, 0.1) is 11.6 Å². The van der Waals surface area contributed by atoms with Gasteiger partial charge >= 0.3 is 0 Å². The van der Waals surface area contributed by atoms with Gasteiger partial charge in [0, 0.05) is 43.9 Å². The third-order valence-corrected chi connectivity index (χ3v) is 3.49. The van der Waals surface area contributed by atoms with Gasteiger partial charge in [-0.2, -0.15) is 0 Å². The number of amides is 1. The lowest BCUT2D eigenvalue weighted by Gasteiger charge is -2.32. The lowest BCUT2D eigenvalue weighted by atomic mass is 10.0. The van der Waals surface area contributed by atoms with Gasteiger partial charge in [-0.15, -0.1) is 0 Å². The van der Waals surface area contributed by atoms with E-state index < -0.39 is 17.5 Å².